The van der Waals surface area contributed by atoms with Gasteiger partial charge in [0.15, 0.2) is 17.4 Å². The average Bonchev–Trinajstić information content (AvgIpc) is 0. The van der Waals surface area contributed by atoms with Crippen LogP contribution in [-0.2, 0) is 47.6 Å². The molecule has 2 radical (unpaired) electrons. The van der Waals surface area contributed by atoms with Crippen molar-refractivity contribution >= 4 is 96.9 Å². The average molecular weight is 270 g/mol. The van der Waals surface area contributed by atoms with Crippen LogP contribution < -0.4 is 0 Å². The molecule has 6 heavy (non-hydrogen) atoms. The molecule has 0 nitrogen and oxygen atoms in total. The van der Waals surface area contributed by atoms with E-state index in [1.54, 1.807) is 0 Å². The van der Waals surface area contributed by atoms with Crippen LogP contribution in [0.25, 0.3) is 0 Å². The minimum absolute atomic E-state index is 0. The van der Waals surface area contributed by atoms with Crippen molar-refractivity contribution in [2.45, 2.75) is 0 Å². The summed E-state index contributed by atoms with van der Waals surface area (Å²) in [6.07, 6.45) is 0. The zero-order valence-electron chi connectivity index (χ0n) is 7.49. The summed E-state index contributed by atoms with van der Waals surface area (Å²) in [5.74, 6) is 0. The molecular weight excluding hydrogens is 260 g/mol. The zero-order valence-corrected chi connectivity index (χ0v) is 13.7. The minimum atomic E-state index is 0. The van der Waals surface area contributed by atoms with Gasteiger partial charge in [-0.05, 0) is 11.0 Å². The summed E-state index contributed by atoms with van der Waals surface area (Å²) < 4.78 is 0. The van der Waals surface area contributed by atoms with E-state index in [0.717, 1.165) is 0 Å². The van der Waals surface area contributed by atoms with E-state index in [4.69, 9.17) is 0 Å². The van der Waals surface area contributed by atoms with Crippen LogP contribution in [0.4, 0.5) is 0 Å². The summed E-state index contributed by atoms with van der Waals surface area (Å²) in [6, 6.07) is 0. The van der Waals surface area contributed by atoms with Crippen molar-refractivity contribution < 1.29 is 53.3 Å². The molecule has 0 aliphatic carbocycles. The third-order valence-corrected chi connectivity index (χ3v) is 0. The third-order valence-electron chi connectivity index (χ3n) is 0. The van der Waals surface area contributed by atoms with Gasteiger partial charge in [-0.15, -0.1) is 0 Å². The van der Waals surface area contributed by atoms with E-state index in [-0.39, 0.29) is 150 Å². The summed E-state index contributed by atoms with van der Waals surface area (Å²) in [5, 5.41) is 0. The molecule has 28 valence electrons. The van der Waals surface area contributed by atoms with E-state index in [1.165, 1.54) is 0 Å². The molecule has 0 bridgehead atoms. The molecular formula is H10AlMgScSiSrTi. The molecule has 0 rings (SSSR count). The van der Waals surface area contributed by atoms with Gasteiger partial charge in [0.05, 0.1) is 0 Å². The maximum atomic E-state index is 0. The Morgan fingerprint density at radius 2 is 1.17 bits per heavy atom. The molecule has 0 amide bonds. The van der Waals surface area contributed by atoms with Crippen LogP contribution in [0.2, 0.25) is 0 Å². The van der Waals surface area contributed by atoms with Gasteiger partial charge in [0, 0.05) is 47.6 Å². The van der Waals surface area contributed by atoms with Crippen molar-refractivity contribution in [3.05, 3.63) is 0 Å². The summed E-state index contributed by atoms with van der Waals surface area (Å²) in [4.78, 5) is 0. The van der Waals surface area contributed by atoms with Gasteiger partial charge in [-0.2, -0.15) is 0 Å². The van der Waals surface area contributed by atoms with E-state index < -0.39 is 0 Å². The fourth-order valence-electron chi connectivity index (χ4n) is 0. The Kier molecular flexibility index (Phi) is 259. The van der Waals surface area contributed by atoms with Gasteiger partial charge < -0.3 is 5.71 Å². The van der Waals surface area contributed by atoms with Crippen LogP contribution in [0, 0.1) is 0 Å². The van der Waals surface area contributed by atoms with Crippen LogP contribution >= 0.6 is 0 Å². The number of hydrogen-bond acceptors (Lipinski definition) is 0. The van der Waals surface area contributed by atoms with Crippen molar-refractivity contribution in [2.24, 2.45) is 0 Å². The Labute approximate surface area is 147 Å². The second kappa shape index (κ2) is 33.6. The Balaban J connectivity index is 0. The normalized spacial score (nSPS) is 0. The SMILES string of the molecule is [AlH3].[H-].[H-].[H-].[H-].[Mg+2].[Sc].[SiH3].[Sr+2].[Ti]. The van der Waals surface area contributed by atoms with Crippen LogP contribution in [0.5, 0.6) is 0 Å². The number of hydrogen-bond donors (Lipinski definition) is 0. The van der Waals surface area contributed by atoms with Gasteiger partial charge in [-0.3, -0.25) is 0 Å². The molecule has 0 fully saturated rings. The zero-order chi connectivity index (χ0) is 0. The van der Waals surface area contributed by atoms with E-state index in [9.17, 15) is 0 Å². The molecule has 0 aliphatic rings. The molecule has 0 aliphatic heterocycles. The van der Waals surface area contributed by atoms with Crippen molar-refractivity contribution in [3.8, 4) is 0 Å². The van der Waals surface area contributed by atoms with Crippen molar-refractivity contribution in [2.75, 3.05) is 0 Å². The van der Waals surface area contributed by atoms with Gasteiger partial charge in [-0.25, -0.2) is 0 Å². The second-order valence-electron chi connectivity index (χ2n) is 0. The van der Waals surface area contributed by atoms with Gasteiger partial charge in [-0.1, -0.05) is 0 Å². The maximum absolute atomic E-state index is 0. The first-order chi connectivity index (χ1) is 0. The Bertz CT molecular complexity index is 25.2. The first-order valence-electron chi connectivity index (χ1n) is 0. The van der Waals surface area contributed by atoms with Crippen LogP contribution in [-0.4, -0.2) is 96.9 Å². The monoisotopic (exact) mass is 270 g/mol. The van der Waals surface area contributed by atoms with Crippen LogP contribution in [0.1, 0.15) is 5.71 Å². The van der Waals surface area contributed by atoms with Crippen molar-refractivity contribution in [3.63, 3.8) is 0 Å². The van der Waals surface area contributed by atoms with E-state index in [0.29, 0.717) is 0 Å². The molecule has 0 unspecified atom stereocenters. The molecule has 0 aromatic carbocycles. The van der Waals surface area contributed by atoms with Crippen molar-refractivity contribution in [1.29, 1.82) is 0 Å². The molecule has 0 atom stereocenters. The predicted molar refractivity (Wildman–Crippen MR) is 35.8 cm³/mol. The van der Waals surface area contributed by atoms with Gasteiger partial charge in [0.1, 0.15) is 0 Å². The van der Waals surface area contributed by atoms with Crippen LogP contribution in [0.3, 0.4) is 0 Å². The minimum Gasteiger partial charge on any atom is -1.00 e. The third kappa shape index (κ3) is 23.5. The van der Waals surface area contributed by atoms with E-state index >= 15 is 0 Å². The van der Waals surface area contributed by atoms with Gasteiger partial charge >= 0.3 is 68.5 Å². The Hall–Kier alpha value is 4.58. The molecule has 0 heterocycles. The number of rotatable bonds is 0. The van der Waals surface area contributed by atoms with E-state index in [2.05, 4.69) is 0 Å². The molecule has 0 saturated carbocycles. The summed E-state index contributed by atoms with van der Waals surface area (Å²) in [6.45, 7) is 0. The summed E-state index contributed by atoms with van der Waals surface area (Å²) in [5.41, 5.74) is 0. The first kappa shape index (κ1) is 46.3. The first-order valence-corrected chi connectivity index (χ1v) is 0. The fourth-order valence-corrected chi connectivity index (χ4v) is 0. The second-order valence-corrected chi connectivity index (χ2v) is 0. The van der Waals surface area contributed by atoms with Crippen LogP contribution in [0.15, 0.2) is 0 Å². The molecule has 0 N–H and O–H groups in total. The van der Waals surface area contributed by atoms with Crippen molar-refractivity contribution in [1.82, 2.24) is 0 Å². The Morgan fingerprint density at radius 1 is 1.17 bits per heavy atom. The largest absolute Gasteiger partial charge is 2.00 e. The topological polar surface area (TPSA) is 0 Å². The smallest absolute Gasteiger partial charge is 1.00 e. The Morgan fingerprint density at radius 3 is 1.17 bits per heavy atom. The summed E-state index contributed by atoms with van der Waals surface area (Å²) in [7, 11) is 0. The predicted octanol–water partition coefficient (Wildman–Crippen LogP) is -2.68. The molecule has 0 aromatic rings. The van der Waals surface area contributed by atoms with E-state index in [1.807, 2.05) is 0 Å². The molecule has 0 saturated heterocycles. The quantitative estimate of drug-likeness (QED) is 0.421. The molecule has 0 aromatic heterocycles. The fraction of sp³-hybridized carbons (Fsp3) is 0. The molecule has 6 heteroatoms. The van der Waals surface area contributed by atoms with Gasteiger partial charge in [0.2, 0.25) is 0 Å². The maximum Gasteiger partial charge on any atom is 2.00 e. The standard InChI is InChI=1S/Al.Mg.Sc.H3Si.Sr.Ti.7H/h;;;1H3;;;;;;;;;/q;+2;;;+2;;;;;4*-1. The van der Waals surface area contributed by atoms with Gasteiger partial charge in [0.25, 0.3) is 0 Å². The summed E-state index contributed by atoms with van der Waals surface area (Å²) >= 11 is 0. The molecule has 0 spiro atoms.